The number of hydrogen-bond acceptors (Lipinski definition) is 5. The second-order valence-electron chi connectivity index (χ2n) is 5.50. The molecule has 25 heavy (non-hydrogen) atoms. The van der Waals surface area contributed by atoms with Gasteiger partial charge < -0.3 is 4.74 Å². The van der Waals surface area contributed by atoms with Crippen molar-refractivity contribution in [1.29, 1.82) is 0 Å². The summed E-state index contributed by atoms with van der Waals surface area (Å²) < 4.78 is 5.47. The maximum Gasteiger partial charge on any atom is 0.305 e. The van der Waals surface area contributed by atoms with Crippen molar-refractivity contribution in [3.8, 4) is 0 Å². The van der Waals surface area contributed by atoms with Gasteiger partial charge in [-0.3, -0.25) is 14.5 Å². The highest BCUT2D eigenvalue weighted by Gasteiger charge is 2.31. The van der Waals surface area contributed by atoms with E-state index in [2.05, 4.69) is 0 Å². The average molecular weight is 398 g/mol. The molecule has 0 atom stereocenters. The number of carbonyl (C=O) groups is 2. The molecule has 2 rings (SSSR count). The zero-order valence-electron chi connectivity index (χ0n) is 14.0. The first kappa shape index (κ1) is 19.9. The van der Waals surface area contributed by atoms with Gasteiger partial charge in [-0.15, -0.1) is 0 Å². The van der Waals surface area contributed by atoms with Gasteiger partial charge in [0.05, 0.1) is 11.5 Å². The van der Waals surface area contributed by atoms with Gasteiger partial charge in [0.1, 0.15) is 4.32 Å². The molecule has 0 aliphatic carbocycles. The summed E-state index contributed by atoms with van der Waals surface area (Å²) in [5, 5.41) is 0.660. The van der Waals surface area contributed by atoms with Crippen LogP contribution in [0.1, 0.15) is 38.2 Å². The quantitative estimate of drug-likeness (QED) is 0.276. The van der Waals surface area contributed by atoms with Crippen LogP contribution in [0.25, 0.3) is 6.08 Å². The van der Waals surface area contributed by atoms with E-state index in [0.717, 1.165) is 24.8 Å². The van der Waals surface area contributed by atoms with E-state index in [0.29, 0.717) is 33.8 Å². The molecule has 1 heterocycles. The Kier molecular flexibility index (Phi) is 7.93. The molecule has 1 saturated heterocycles. The number of hydrogen-bond donors (Lipinski definition) is 0. The topological polar surface area (TPSA) is 46.6 Å². The predicted molar refractivity (Wildman–Crippen MR) is 106 cm³/mol. The van der Waals surface area contributed by atoms with Crippen LogP contribution in [0.2, 0.25) is 5.02 Å². The lowest BCUT2D eigenvalue weighted by molar-refractivity contribution is -0.143. The second kappa shape index (κ2) is 9.94. The van der Waals surface area contributed by atoms with Gasteiger partial charge in [0, 0.05) is 18.0 Å². The molecule has 1 aliphatic rings. The zero-order chi connectivity index (χ0) is 18.2. The molecule has 134 valence electrons. The van der Waals surface area contributed by atoms with Crippen LogP contribution in [0.3, 0.4) is 0 Å². The molecule has 0 aromatic heterocycles. The Morgan fingerprint density at radius 2 is 2.00 bits per heavy atom. The van der Waals surface area contributed by atoms with Crippen LogP contribution in [-0.2, 0) is 14.3 Å². The molecular formula is C18H20ClNO3S2. The molecule has 1 amide bonds. The number of amides is 1. The summed E-state index contributed by atoms with van der Waals surface area (Å²) in [7, 11) is 0. The minimum Gasteiger partial charge on any atom is -0.466 e. The van der Waals surface area contributed by atoms with Crippen molar-refractivity contribution in [2.24, 2.45) is 0 Å². The monoisotopic (exact) mass is 397 g/mol. The van der Waals surface area contributed by atoms with E-state index in [4.69, 9.17) is 28.6 Å². The molecule has 0 bridgehead atoms. The summed E-state index contributed by atoms with van der Waals surface area (Å²) in [6.07, 6.45) is 4.67. The van der Waals surface area contributed by atoms with Crippen LogP contribution >= 0.6 is 35.6 Å². The lowest BCUT2D eigenvalue weighted by Crippen LogP contribution is -2.29. The highest BCUT2D eigenvalue weighted by Crippen LogP contribution is 2.32. The van der Waals surface area contributed by atoms with Crippen LogP contribution in [0, 0.1) is 0 Å². The molecule has 1 aromatic rings. The molecule has 0 saturated carbocycles. The summed E-state index contributed by atoms with van der Waals surface area (Å²) >= 11 is 12.5. The van der Waals surface area contributed by atoms with E-state index in [1.807, 2.05) is 18.2 Å². The van der Waals surface area contributed by atoms with Gasteiger partial charge in [-0.2, -0.15) is 0 Å². The largest absolute Gasteiger partial charge is 0.466 e. The third-order valence-corrected chi connectivity index (χ3v) is 5.24. The summed E-state index contributed by atoms with van der Waals surface area (Å²) in [5.41, 5.74) is 0.916. The van der Waals surface area contributed by atoms with Gasteiger partial charge in [0.15, 0.2) is 0 Å². The summed E-state index contributed by atoms with van der Waals surface area (Å²) in [6, 6.07) is 7.31. The Balaban J connectivity index is 1.82. The van der Waals surface area contributed by atoms with Crippen LogP contribution in [0.15, 0.2) is 29.2 Å². The van der Waals surface area contributed by atoms with Gasteiger partial charge in [0.2, 0.25) is 0 Å². The van der Waals surface area contributed by atoms with Crippen LogP contribution < -0.4 is 0 Å². The summed E-state index contributed by atoms with van der Waals surface area (Å²) in [5.74, 6) is -0.227. The third kappa shape index (κ3) is 6.13. The second-order valence-corrected chi connectivity index (χ2v) is 7.61. The SMILES string of the molecule is CCOC(=O)CCCCCN1C(=O)/C(=C\c2ccc(Cl)cc2)SC1=S. The molecule has 0 spiro atoms. The van der Waals surface area contributed by atoms with Gasteiger partial charge in [0.25, 0.3) is 5.91 Å². The maximum atomic E-state index is 12.5. The van der Waals surface area contributed by atoms with Gasteiger partial charge in [-0.05, 0) is 43.5 Å². The average Bonchev–Trinajstić information content (AvgIpc) is 2.84. The Hall–Kier alpha value is -1.37. The molecule has 0 radical (unpaired) electrons. The van der Waals surface area contributed by atoms with Gasteiger partial charge in [-0.1, -0.05) is 54.1 Å². The fourth-order valence-corrected chi connectivity index (χ4v) is 3.79. The van der Waals surface area contributed by atoms with E-state index in [9.17, 15) is 9.59 Å². The van der Waals surface area contributed by atoms with Crippen LogP contribution in [-0.4, -0.2) is 34.2 Å². The minimum absolute atomic E-state index is 0.0599. The highest BCUT2D eigenvalue weighted by atomic mass is 35.5. The highest BCUT2D eigenvalue weighted by molar-refractivity contribution is 8.26. The van der Waals surface area contributed by atoms with Crippen LogP contribution in [0.4, 0.5) is 0 Å². The molecular weight excluding hydrogens is 378 g/mol. The van der Waals surface area contributed by atoms with Crippen molar-refractivity contribution in [3.63, 3.8) is 0 Å². The molecule has 1 fully saturated rings. The Morgan fingerprint density at radius 1 is 1.28 bits per heavy atom. The van der Waals surface area contributed by atoms with Gasteiger partial charge in [-0.25, -0.2) is 0 Å². The normalized spacial score (nSPS) is 15.9. The number of nitrogens with zero attached hydrogens (tertiary/aromatic N) is 1. The van der Waals surface area contributed by atoms with E-state index in [1.54, 1.807) is 24.0 Å². The maximum absolute atomic E-state index is 12.5. The number of unbranched alkanes of at least 4 members (excludes halogenated alkanes) is 2. The first-order valence-electron chi connectivity index (χ1n) is 8.18. The lowest BCUT2D eigenvalue weighted by atomic mass is 10.2. The smallest absolute Gasteiger partial charge is 0.305 e. The first-order valence-corrected chi connectivity index (χ1v) is 9.78. The molecule has 4 nitrogen and oxygen atoms in total. The molecule has 0 N–H and O–H groups in total. The Bertz CT molecular complexity index is 673. The van der Waals surface area contributed by atoms with Crippen molar-refractivity contribution < 1.29 is 14.3 Å². The number of carbonyl (C=O) groups excluding carboxylic acids is 2. The number of thioether (sulfide) groups is 1. The number of benzene rings is 1. The molecule has 0 unspecified atom stereocenters. The number of rotatable bonds is 8. The van der Waals surface area contributed by atoms with Crippen molar-refractivity contribution in [2.75, 3.05) is 13.2 Å². The fourth-order valence-electron chi connectivity index (χ4n) is 2.35. The molecule has 1 aliphatic heterocycles. The summed E-state index contributed by atoms with van der Waals surface area (Å²) in [6.45, 7) is 2.78. The zero-order valence-corrected chi connectivity index (χ0v) is 16.4. The number of esters is 1. The van der Waals surface area contributed by atoms with E-state index < -0.39 is 0 Å². The van der Waals surface area contributed by atoms with Gasteiger partial charge >= 0.3 is 5.97 Å². The number of halogens is 1. The van der Waals surface area contributed by atoms with Crippen molar-refractivity contribution in [3.05, 3.63) is 39.8 Å². The fraction of sp³-hybridized carbons (Fsp3) is 0.389. The van der Waals surface area contributed by atoms with E-state index >= 15 is 0 Å². The molecule has 1 aromatic carbocycles. The third-order valence-electron chi connectivity index (χ3n) is 3.61. The van der Waals surface area contributed by atoms with E-state index in [-0.39, 0.29) is 11.9 Å². The Morgan fingerprint density at radius 3 is 2.68 bits per heavy atom. The lowest BCUT2D eigenvalue weighted by Gasteiger charge is -2.13. The first-order chi connectivity index (χ1) is 12.0. The number of ether oxygens (including phenoxy) is 1. The molecule has 7 heteroatoms. The van der Waals surface area contributed by atoms with Crippen LogP contribution in [0.5, 0.6) is 0 Å². The summed E-state index contributed by atoms with van der Waals surface area (Å²) in [4.78, 5) is 26.0. The van der Waals surface area contributed by atoms with Crippen molar-refractivity contribution in [2.45, 2.75) is 32.6 Å². The van der Waals surface area contributed by atoms with E-state index in [1.165, 1.54) is 11.8 Å². The van der Waals surface area contributed by atoms with Crippen molar-refractivity contribution in [1.82, 2.24) is 4.90 Å². The van der Waals surface area contributed by atoms with Crippen molar-refractivity contribution >= 4 is 57.9 Å². The standard InChI is InChI=1S/C18H20ClNO3S2/c1-2-23-16(21)6-4-3-5-11-20-17(22)15(25-18(20)24)12-13-7-9-14(19)10-8-13/h7-10,12H,2-6,11H2,1H3/b15-12+. The number of thiocarbonyl (C=S) groups is 1. The predicted octanol–water partition coefficient (Wildman–Crippen LogP) is 4.66. The minimum atomic E-state index is -0.168. The Labute approximate surface area is 162 Å².